The molecule has 1 aromatic carbocycles. The van der Waals surface area contributed by atoms with Crippen molar-refractivity contribution in [3.8, 4) is 5.88 Å². The zero-order valence-electron chi connectivity index (χ0n) is 14.2. The molecule has 2 aromatic rings. The van der Waals surface area contributed by atoms with Crippen LogP contribution in [0.25, 0.3) is 0 Å². The van der Waals surface area contributed by atoms with Gasteiger partial charge in [-0.1, -0.05) is 30.3 Å². The lowest BCUT2D eigenvalue weighted by Gasteiger charge is -2.26. The molecular weight excluding hydrogens is 332 g/mol. The maximum absolute atomic E-state index is 11.0. The fourth-order valence-electron chi connectivity index (χ4n) is 4.41. The maximum atomic E-state index is 11.0. The highest BCUT2D eigenvalue weighted by Gasteiger charge is 2.47. The topological polar surface area (TPSA) is 56.6 Å². The second-order valence-electron chi connectivity index (χ2n) is 7.48. The summed E-state index contributed by atoms with van der Waals surface area (Å²) < 4.78 is 0. The Bertz CT molecular complexity index is 693. The third kappa shape index (κ3) is 4.00. The normalized spacial score (nSPS) is 29.0. The number of likely N-dealkylation sites (tertiary alicyclic amines) is 1. The summed E-state index contributed by atoms with van der Waals surface area (Å²) in [7, 11) is 0. The van der Waals surface area contributed by atoms with E-state index in [0.717, 1.165) is 43.1 Å². The minimum Gasteiger partial charge on any atom is -0.493 e. The van der Waals surface area contributed by atoms with Gasteiger partial charge in [0, 0.05) is 42.5 Å². The van der Waals surface area contributed by atoms with Crippen molar-refractivity contribution in [2.24, 2.45) is 11.8 Å². The fraction of sp³-hybridized carbons (Fsp3) is 0.450. The Morgan fingerprint density at radius 1 is 1.08 bits per heavy atom. The zero-order valence-corrected chi connectivity index (χ0v) is 15.0. The van der Waals surface area contributed by atoms with Crippen molar-refractivity contribution < 1.29 is 10.2 Å². The first-order valence-electron chi connectivity index (χ1n) is 8.86. The van der Waals surface area contributed by atoms with E-state index in [1.165, 1.54) is 5.56 Å². The molecule has 0 unspecified atom stereocenters. The lowest BCUT2D eigenvalue weighted by Crippen LogP contribution is -2.32. The standard InChI is InChI=1S/C20H24N2O2S/c23-19-7-6-18(11-21-19)25-14-22-12-16-9-20(24,10-17(16)13-22)8-15-4-2-1-3-5-15/h1-7,11,16-17,24H,8-10,12-14H2,(H,21,23)/t16-,17+,20-. The maximum Gasteiger partial charge on any atom is 0.210 e. The van der Waals surface area contributed by atoms with Gasteiger partial charge < -0.3 is 10.2 Å². The van der Waals surface area contributed by atoms with Gasteiger partial charge in [0.1, 0.15) is 0 Å². The SMILES string of the molecule is Oc1ccc(SCN2C[C@@H]3C[C@@](O)(Cc4ccccc4)C[C@@H]3C2)cn1. The first-order chi connectivity index (χ1) is 12.1. The number of nitrogens with zero attached hydrogens (tertiary/aromatic N) is 2. The summed E-state index contributed by atoms with van der Waals surface area (Å²) in [6, 6.07) is 13.9. The van der Waals surface area contributed by atoms with Gasteiger partial charge >= 0.3 is 0 Å². The lowest BCUT2D eigenvalue weighted by molar-refractivity contribution is 0.0362. The molecule has 2 fully saturated rings. The average molecular weight is 356 g/mol. The lowest BCUT2D eigenvalue weighted by atomic mass is 9.91. The molecular formula is C20H24N2O2S. The molecule has 1 saturated carbocycles. The van der Waals surface area contributed by atoms with E-state index in [2.05, 4.69) is 22.0 Å². The molecule has 0 radical (unpaired) electrons. The highest BCUT2D eigenvalue weighted by atomic mass is 32.2. The molecule has 0 amide bonds. The Morgan fingerprint density at radius 2 is 1.80 bits per heavy atom. The first-order valence-corrected chi connectivity index (χ1v) is 9.85. The Hall–Kier alpha value is -1.56. The van der Waals surface area contributed by atoms with Gasteiger partial charge in [-0.3, -0.25) is 4.90 Å². The van der Waals surface area contributed by atoms with Crippen LogP contribution >= 0.6 is 11.8 Å². The summed E-state index contributed by atoms with van der Waals surface area (Å²) >= 11 is 1.76. The van der Waals surface area contributed by atoms with Gasteiger partial charge in [-0.2, -0.15) is 0 Å². The third-order valence-electron chi connectivity index (χ3n) is 5.45. The van der Waals surface area contributed by atoms with Gasteiger partial charge in [-0.05, 0) is 36.3 Å². The van der Waals surface area contributed by atoms with Crippen LogP contribution in [0, 0.1) is 11.8 Å². The van der Waals surface area contributed by atoms with Crippen LogP contribution in [0.15, 0.2) is 53.6 Å². The molecule has 2 aliphatic rings. The second-order valence-corrected chi connectivity index (χ2v) is 8.49. The zero-order chi connectivity index (χ0) is 17.3. The summed E-state index contributed by atoms with van der Waals surface area (Å²) in [5.74, 6) is 2.22. The summed E-state index contributed by atoms with van der Waals surface area (Å²) in [5.41, 5.74) is 0.703. The van der Waals surface area contributed by atoms with Crippen LogP contribution < -0.4 is 0 Å². The van der Waals surface area contributed by atoms with Gasteiger partial charge in [0.05, 0.1) is 5.60 Å². The number of fused-ring (bicyclic) bond motifs is 1. The van der Waals surface area contributed by atoms with Gasteiger partial charge in [-0.25, -0.2) is 4.98 Å². The number of aliphatic hydroxyl groups is 1. The number of hydrogen-bond donors (Lipinski definition) is 2. The summed E-state index contributed by atoms with van der Waals surface area (Å²) in [4.78, 5) is 7.48. The van der Waals surface area contributed by atoms with Crippen LogP contribution in [0.4, 0.5) is 0 Å². The molecule has 3 atom stereocenters. The average Bonchev–Trinajstić information content (AvgIpc) is 3.09. The van der Waals surface area contributed by atoms with Crippen LogP contribution in [-0.4, -0.2) is 44.7 Å². The van der Waals surface area contributed by atoms with E-state index in [0.29, 0.717) is 11.8 Å². The van der Waals surface area contributed by atoms with E-state index in [9.17, 15) is 10.2 Å². The summed E-state index contributed by atoms with van der Waals surface area (Å²) in [6.07, 6.45) is 4.31. The number of pyridine rings is 1. The Kier molecular flexibility index (Phi) is 4.71. The van der Waals surface area contributed by atoms with Crippen molar-refractivity contribution >= 4 is 11.8 Å². The quantitative estimate of drug-likeness (QED) is 0.806. The van der Waals surface area contributed by atoms with Crippen molar-refractivity contribution in [3.63, 3.8) is 0 Å². The highest BCUT2D eigenvalue weighted by molar-refractivity contribution is 7.99. The van der Waals surface area contributed by atoms with Crippen molar-refractivity contribution in [1.29, 1.82) is 0 Å². The van der Waals surface area contributed by atoms with Crippen molar-refractivity contribution in [2.75, 3.05) is 19.0 Å². The highest BCUT2D eigenvalue weighted by Crippen LogP contribution is 2.45. The Balaban J connectivity index is 1.29. The summed E-state index contributed by atoms with van der Waals surface area (Å²) in [6.45, 7) is 2.14. The molecule has 4 nitrogen and oxygen atoms in total. The molecule has 0 spiro atoms. The molecule has 25 heavy (non-hydrogen) atoms. The van der Waals surface area contributed by atoms with E-state index in [1.54, 1.807) is 24.0 Å². The molecule has 4 rings (SSSR count). The molecule has 1 aromatic heterocycles. The largest absolute Gasteiger partial charge is 0.493 e. The third-order valence-corrected chi connectivity index (χ3v) is 6.52. The number of hydrogen-bond acceptors (Lipinski definition) is 5. The first kappa shape index (κ1) is 16.9. The van der Waals surface area contributed by atoms with Crippen LogP contribution in [-0.2, 0) is 6.42 Å². The predicted molar refractivity (Wildman–Crippen MR) is 99.5 cm³/mol. The van der Waals surface area contributed by atoms with Crippen LogP contribution in [0.1, 0.15) is 18.4 Å². The number of aromatic nitrogens is 1. The molecule has 1 aliphatic carbocycles. The van der Waals surface area contributed by atoms with Crippen LogP contribution in [0.5, 0.6) is 5.88 Å². The fourth-order valence-corrected chi connectivity index (χ4v) is 5.24. The van der Waals surface area contributed by atoms with Gasteiger partial charge in [0.15, 0.2) is 0 Å². The van der Waals surface area contributed by atoms with Crippen molar-refractivity contribution in [2.45, 2.75) is 29.8 Å². The van der Waals surface area contributed by atoms with Crippen LogP contribution in [0.3, 0.4) is 0 Å². The van der Waals surface area contributed by atoms with E-state index in [1.807, 2.05) is 24.3 Å². The number of aromatic hydroxyl groups is 1. The van der Waals surface area contributed by atoms with Gasteiger partial charge in [0.2, 0.25) is 5.88 Å². The minimum atomic E-state index is -0.531. The molecule has 1 saturated heterocycles. The predicted octanol–water partition coefficient (Wildman–Crippen LogP) is 3.15. The van der Waals surface area contributed by atoms with E-state index in [4.69, 9.17) is 0 Å². The monoisotopic (exact) mass is 356 g/mol. The van der Waals surface area contributed by atoms with Gasteiger partial charge in [-0.15, -0.1) is 11.8 Å². The Morgan fingerprint density at radius 3 is 2.44 bits per heavy atom. The van der Waals surface area contributed by atoms with Crippen molar-refractivity contribution in [3.05, 3.63) is 54.2 Å². The molecule has 2 heterocycles. The number of benzene rings is 1. The smallest absolute Gasteiger partial charge is 0.210 e. The molecule has 5 heteroatoms. The number of thioether (sulfide) groups is 1. The minimum absolute atomic E-state index is 0.0674. The van der Waals surface area contributed by atoms with Crippen LogP contribution in [0.2, 0.25) is 0 Å². The van der Waals surface area contributed by atoms with E-state index < -0.39 is 5.60 Å². The summed E-state index contributed by atoms with van der Waals surface area (Å²) in [5, 5.41) is 20.3. The van der Waals surface area contributed by atoms with E-state index >= 15 is 0 Å². The number of rotatable bonds is 5. The Labute approximate surface area is 152 Å². The molecule has 1 aliphatic heterocycles. The van der Waals surface area contributed by atoms with E-state index in [-0.39, 0.29) is 5.88 Å². The second kappa shape index (κ2) is 6.98. The molecule has 132 valence electrons. The van der Waals surface area contributed by atoms with Crippen molar-refractivity contribution in [1.82, 2.24) is 9.88 Å². The van der Waals surface area contributed by atoms with Gasteiger partial charge in [0.25, 0.3) is 0 Å². The molecule has 0 bridgehead atoms. The molecule has 2 N–H and O–H groups in total.